The number of anilines is 2. The quantitative estimate of drug-likeness (QED) is 0.0884. The van der Waals surface area contributed by atoms with Crippen molar-refractivity contribution in [3.8, 4) is 0 Å². The van der Waals surface area contributed by atoms with Crippen LogP contribution in [0.4, 0.5) is 21.0 Å². The summed E-state index contributed by atoms with van der Waals surface area (Å²) in [5.74, 6) is -0.796. The van der Waals surface area contributed by atoms with Gasteiger partial charge in [-0.25, -0.2) is 35.0 Å². The molecule has 2 aliphatic rings. The molecule has 2 aromatic carbocycles. The van der Waals surface area contributed by atoms with E-state index in [0.29, 0.717) is 37.0 Å². The molecule has 0 unspecified atom stereocenters. The molecule has 3 heterocycles. The number of carboxylic acid groups (broad SMARTS) is 2. The number of hydrogen-bond donors (Lipinski definition) is 4. The van der Waals surface area contributed by atoms with Crippen molar-refractivity contribution in [3.63, 3.8) is 0 Å². The third-order valence-electron chi connectivity index (χ3n) is 9.50. The van der Waals surface area contributed by atoms with Crippen molar-refractivity contribution in [2.75, 3.05) is 86.8 Å². The zero-order valence-electron chi connectivity index (χ0n) is 29.4. The average Bonchev–Trinajstić information content (AvgIpc) is 3.57. The van der Waals surface area contributed by atoms with Gasteiger partial charge in [-0.1, -0.05) is 37.1 Å². The summed E-state index contributed by atoms with van der Waals surface area (Å²) in [5, 5.41) is 27.9. The van der Waals surface area contributed by atoms with Gasteiger partial charge in [0.25, 0.3) is 0 Å². The highest BCUT2D eigenvalue weighted by Gasteiger charge is 2.30. The Morgan fingerprint density at radius 2 is 1.13 bits per heavy atom. The first kappa shape index (κ1) is 39.4. The Hall–Kier alpha value is -3.81. The fourth-order valence-electron chi connectivity index (χ4n) is 6.82. The van der Waals surface area contributed by atoms with Gasteiger partial charge in [0, 0.05) is 88.5 Å². The van der Waals surface area contributed by atoms with Crippen LogP contribution in [-0.4, -0.2) is 131 Å². The summed E-state index contributed by atoms with van der Waals surface area (Å²) < 4.78 is 60.0. The first-order valence-corrected chi connectivity index (χ1v) is 20.9. The number of fused-ring (bicyclic) bond motifs is 2. The van der Waals surface area contributed by atoms with E-state index in [-0.39, 0.29) is 78.9 Å². The van der Waals surface area contributed by atoms with Crippen molar-refractivity contribution >= 4 is 71.1 Å². The van der Waals surface area contributed by atoms with E-state index in [1.165, 1.54) is 21.6 Å². The van der Waals surface area contributed by atoms with Crippen LogP contribution < -0.4 is 20.4 Å². The number of nitrogens with zero attached hydrogens (tertiary/aromatic N) is 4. The molecule has 52 heavy (non-hydrogen) atoms. The van der Waals surface area contributed by atoms with Gasteiger partial charge in [0.15, 0.2) is 17.1 Å². The van der Waals surface area contributed by atoms with Crippen molar-refractivity contribution in [2.45, 2.75) is 45.4 Å². The molecule has 1 aromatic heterocycles. The second-order valence-corrected chi connectivity index (χ2v) is 17.2. The van der Waals surface area contributed by atoms with E-state index in [2.05, 4.69) is 10.6 Å². The number of ketones is 1. The number of carbonyl (C=O) groups excluding carboxylic acids is 1. The van der Waals surface area contributed by atoms with Crippen LogP contribution in [0, 0.1) is 0 Å². The predicted molar refractivity (Wildman–Crippen MR) is 199 cm³/mol. The van der Waals surface area contributed by atoms with Crippen LogP contribution in [0.1, 0.15) is 56.0 Å². The lowest BCUT2D eigenvalue weighted by Gasteiger charge is -2.27. The largest absolute Gasteiger partial charge is 0.465 e. The van der Waals surface area contributed by atoms with Crippen LogP contribution >= 0.6 is 0 Å². The maximum atomic E-state index is 12.8. The molecule has 5 rings (SSSR count). The van der Waals surface area contributed by atoms with Crippen LogP contribution in [0.5, 0.6) is 0 Å². The van der Waals surface area contributed by atoms with Gasteiger partial charge in [0.05, 0.1) is 22.9 Å². The van der Waals surface area contributed by atoms with E-state index in [1.54, 1.807) is 24.3 Å². The molecule has 18 heteroatoms. The summed E-state index contributed by atoms with van der Waals surface area (Å²) in [6.45, 7) is 3.51. The molecule has 2 fully saturated rings. The molecule has 0 atom stereocenters. The smallest absolute Gasteiger partial charge is 0.412 e. The summed E-state index contributed by atoms with van der Waals surface area (Å²) in [6.07, 6.45) is 2.66. The summed E-state index contributed by atoms with van der Waals surface area (Å²) in [6, 6.07) is 8.07. The lowest BCUT2D eigenvalue weighted by molar-refractivity contribution is 0.0989. The second-order valence-electron chi connectivity index (χ2n) is 13.1. The van der Waals surface area contributed by atoms with Crippen molar-refractivity contribution in [1.29, 1.82) is 0 Å². The minimum atomic E-state index is -3.45. The Labute approximate surface area is 303 Å². The maximum Gasteiger partial charge on any atom is 0.412 e. The van der Waals surface area contributed by atoms with Crippen molar-refractivity contribution in [3.05, 3.63) is 36.1 Å². The molecular weight excluding hydrogens is 717 g/mol. The van der Waals surface area contributed by atoms with Crippen LogP contribution in [0.3, 0.4) is 0 Å². The highest BCUT2D eigenvalue weighted by molar-refractivity contribution is 7.89. The minimum Gasteiger partial charge on any atom is -0.465 e. The zero-order valence-corrected chi connectivity index (χ0v) is 31.0. The average molecular weight is 765 g/mol. The summed E-state index contributed by atoms with van der Waals surface area (Å²) in [5.41, 5.74) is 0.302. The number of rotatable bonds is 17. The molecule has 3 aromatic rings. The molecule has 0 aliphatic carbocycles. The third-order valence-corrected chi connectivity index (χ3v) is 13.2. The number of benzene rings is 2. The van der Waals surface area contributed by atoms with Gasteiger partial charge in [-0.2, -0.15) is 0 Å². The molecule has 2 amide bonds. The van der Waals surface area contributed by atoms with E-state index in [1.807, 2.05) is 0 Å². The van der Waals surface area contributed by atoms with Gasteiger partial charge in [0.1, 0.15) is 0 Å². The van der Waals surface area contributed by atoms with Crippen LogP contribution in [0.2, 0.25) is 0 Å². The number of piperidine rings is 2. The van der Waals surface area contributed by atoms with Gasteiger partial charge in [-0.3, -0.25) is 14.6 Å². The van der Waals surface area contributed by atoms with Gasteiger partial charge < -0.3 is 25.3 Å². The zero-order chi connectivity index (χ0) is 37.5. The van der Waals surface area contributed by atoms with Crippen molar-refractivity contribution in [1.82, 2.24) is 19.2 Å². The minimum absolute atomic E-state index is 0.000750. The van der Waals surface area contributed by atoms with E-state index in [0.717, 1.165) is 48.3 Å². The molecule has 0 radical (unpaired) electrons. The lowest BCUT2D eigenvalue weighted by Crippen LogP contribution is -2.41. The van der Waals surface area contributed by atoms with Crippen LogP contribution in [-0.2, 0) is 20.0 Å². The van der Waals surface area contributed by atoms with Crippen molar-refractivity contribution < 1.29 is 45.8 Å². The summed E-state index contributed by atoms with van der Waals surface area (Å²) >= 11 is 0. The first-order chi connectivity index (χ1) is 24.8. The maximum absolute atomic E-state index is 12.8. The molecule has 2 aliphatic heterocycles. The fourth-order valence-corrected chi connectivity index (χ4v) is 9.77. The van der Waals surface area contributed by atoms with E-state index in [4.69, 9.17) is 4.42 Å². The van der Waals surface area contributed by atoms with E-state index < -0.39 is 38.0 Å². The highest BCUT2D eigenvalue weighted by atomic mass is 32.2. The Kier molecular flexibility index (Phi) is 13.1. The van der Waals surface area contributed by atoms with Gasteiger partial charge in [0.2, 0.25) is 20.0 Å². The molecule has 0 saturated carbocycles. The summed E-state index contributed by atoms with van der Waals surface area (Å²) in [4.78, 5) is 40.2. The summed E-state index contributed by atoms with van der Waals surface area (Å²) in [7, 11) is -6.90. The highest BCUT2D eigenvalue weighted by Crippen LogP contribution is 2.45. The Balaban J connectivity index is 1.38. The van der Waals surface area contributed by atoms with Crippen molar-refractivity contribution in [2.24, 2.45) is 0 Å². The Morgan fingerprint density at radius 1 is 0.692 bits per heavy atom. The molecule has 2 saturated heterocycles. The lowest BCUT2D eigenvalue weighted by atomic mass is 10.0. The van der Waals surface area contributed by atoms with Gasteiger partial charge in [-0.15, -0.1) is 0 Å². The molecule has 4 N–H and O–H groups in total. The Morgan fingerprint density at radius 3 is 1.58 bits per heavy atom. The van der Waals surface area contributed by atoms with Crippen LogP contribution in [0.25, 0.3) is 21.7 Å². The van der Waals surface area contributed by atoms with Gasteiger partial charge in [-0.05, 0) is 31.7 Å². The number of nitrogens with one attached hydrogen (secondary N) is 2. The topological polar surface area (TPSA) is 210 Å². The monoisotopic (exact) mass is 764 g/mol. The number of furan rings is 1. The third kappa shape index (κ3) is 9.21. The number of carbonyl (C=O) groups is 3. The molecule has 0 bridgehead atoms. The Bertz CT molecular complexity index is 1840. The number of amides is 2. The first-order valence-electron chi connectivity index (χ1n) is 17.7. The number of sulfonamides is 2. The number of Topliss-reactive ketones (excluding diaryl/α,β-unsaturated/α-hetero) is 1. The normalized spacial score (nSPS) is 16.3. The fraction of sp³-hybridized carbons (Fsp3) is 0.559. The standard InChI is InChI=1S/C34H48N6O10S2/c1-25(41)29-24-28-30(39(33(42)43)20-12-35-14-22-51(46,47)37-16-6-2-7-17-37)26-10-4-5-11-27(26)31(32(28)50-29)40(34(44)45)21-13-36-15-23-52(48,49)38-18-8-3-9-19-38/h4-5,10-11,24,35-36H,2-3,6-9,12-23H2,1H3,(H,42,43)(H,44,45). The SMILES string of the molecule is CC(=O)c1cc2c(N(CCNCCS(=O)(=O)N3CCCCC3)C(=O)O)c3ccccc3c(N(CCNCCS(=O)(=O)N3CCCCC3)C(=O)O)c2o1. The van der Waals surface area contributed by atoms with Gasteiger partial charge >= 0.3 is 12.2 Å². The molecule has 286 valence electrons. The molecule has 16 nitrogen and oxygen atoms in total. The molecular formula is C34H48N6O10S2. The molecule has 0 spiro atoms. The van der Waals surface area contributed by atoms with Crippen LogP contribution in [0.15, 0.2) is 34.7 Å². The van der Waals surface area contributed by atoms with E-state index >= 15 is 0 Å². The number of hydrogen-bond acceptors (Lipinski definition) is 10. The predicted octanol–water partition coefficient (Wildman–Crippen LogP) is 3.57. The van der Waals surface area contributed by atoms with E-state index in [9.17, 15) is 41.4 Å². The second kappa shape index (κ2) is 17.3.